The number of carbonyl (C=O) groups excluding carboxylic acids is 1. The second-order valence-electron chi connectivity index (χ2n) is 5.76. The van der Waals surface area contributed by atoms with E-state index < -0.39 is 41.5 Å². The summed E-state index contributed by atoms with van der Waals surface area (Å²) in [5.74, 6) is -3.27. The number of rotatable bonds is 3. The van der Waals surface area contributed by atoms with Gasteiger partial charge in [-0.3, -0.25) is 0 Å². The Morgan fingerprint density at radius 2 is 1.87 bits per heavy atom. The van der Waals surface area contributed by atoms with Crippen molar-refractivity contribution in [1.29, 1.82) is 0 Å². The van der Waals surface area contributed by atoms with Crippen molar-refractivity contribution in [2.75, 3.05) is 6.61 Å². The Morgan fingerprint density at radius 3 is 2.35 bits per heavy atom. The Balaban J connectivity index is 2.46. The minimum Gasteiger partial charge on any atom is -0.464 e. The van der Waals surface area contributed by atoms with Crippen LogP contribution < -0.4 is 0 Å². The van der Waals surface area contributed by atoms with Crippen LogP contribution in [0.5, 0.6) is 0 Å². The van der Waals surface area contributed by atoms with Crippen molar-refractivity contribution in [1.82, 2.24) is 0 Å². The van der Waals surface area contributed by atoms with Crippen LogP contribution in [0.2, 0.25) is 0 Å². The maximum absolute atomic E-state index is 13.4. The van der Waals surface area contributed by atoms with Gasteiger partial charge in [0.2, 0.25) is 0 Å². The summed E-state index contributed by atoms with van der Waals surface area (Å²) in [7, 11) is 0. The summed E-state index contributed by atoms with van der Waals surface area (Å²) in [6.45, 7) is 3.90. The summed E-state index contributed by atoms with van der Waals surface area (Å²) in [5.41, 5.74) is -2.08. The lowest BCUT2D eigenvalue weighted by molar-refractivity contribution is -0.274. The van der Waals surface area contributed by atoms with E-state index in [0.29, 0.717) is 5.56 Å². The summed E-state index contributed by atoms with van der Waals surface area (Å²) in [5, 5.41) is 0. The van der Waals surface area contributed by atoms with Gasteiger partial charge >= 0.3 is 12.1 Å². The largest absolute Gasteiger partial charge is 0.464 e. The smallest absolute Gasteiger partial charge is 0.417 e. The van der Waals surface area contributed by atoms with E-state index in [2.05, 4.69) is 0 Å². The molecule has 0 amide bonds. The predicted molar refractivity (Wildman–Crippen MR) is 74.3 cm³/mol. The molecule has 1 fully saturated rings. The van der Waals surface area contributed by atoms with Gasteiger partial charge < -0.3 is 9.47 Å². The molecule has 1 aliphatic rings. The van der Waals surface area contributed by atoms with Crippen molar-refractivity contribution in [2.24, 2.45) is 5.92 Å². The maximum atomic E-state index is 13.4. The molecule has 0 spiro atoms. The third-order valence-corrected chi connectivity index (χ3v) is 4.44. The number of esters is 1. The van der Waals surface area contributed by atoms with Crippen molar-refractivity contribution in [3.63, 3.8) is 0 Å². The van der Waals surface area contributed by atoms with Crippen LogP contribution in [0.3, 0.4) is 0 Å². The molecule has 1 aromatic rings. The molecule has 3 nitrogen and oxygen atoms in total. The number of alkyl halides is 3. The van der Waals surface area contributed by atoms with Crippen LogP contribution in [-0.2, 0) is 14.3 Å². The van der Waals surface area contributed by atoms with Gasteiger partial charge in [0, 0.05) is 11.8 Å². The molecule has 2 rings (SSSR count). The number of carbonyl (C=O) groups is 1. The number of hydrogen-bond donors (Lipinski definition) is 0. The Bertz CT molecular complexity index is 570. The molecular weight excluding hydrogens is 316 g/mol. The number of hydrogen-bond acceptors (Lipinski definition) is 3. The molecular formula is C16H18F4O3. The van der Waals surface area contributed by atoms with Crippen LogP contribution in [0.4, 0.5) is 17.6 Å². The van der Waals surface area contributed by atoms with Crippen LogP contribution in [0.1, 0.15) is 32.3 Å². The third kappa shape index (κ3) is 3.06. The standard InChI is InChI=1S/C16H18F4O3/c1-4-22-14(21)13-12(10-5-7-11(17)8-6-10)9(2)15(3,23-13)16(18,19)20/h5-9,12-13H,4H2,1-3H3/t9-,12-,13-,15+/m0/s1. The van der Waals surface area contributed by atoms with Crippen LogP contribution in [0.25, 0.3) is 0 Å². The minimum atomic E-state index is -4.65. The molecule has 0 aromatic heterocycles. The van der Waals surface area contributed by atoms with Gasteiger partial charge in [-0.25, -0.2) is 9.18 Å². The van der Waals surface area contributed by atoms with E-state index in [0.717, 1.165) is 19.1 Å². The van der Waals surface area contributed by atoms with Gasteiger partial charge in [0.05, 0.1) is 6.61 Å². The van der Waals surface area contributed by atoms with Crippen LogP contribution in [-0.4, -0.2) is 30.5 Å². The quantitative estimate of drug-likeness (QED) is 0.622. The molecule has 0 aliphatic carbocycles. The summed E-state index contributed by atoms with van der Waals surface area (Å²) in [6, 6.07) is 5.03. The Morgan fingerprint density at radius 1 is 1.30 bits per heavy atom. The zero-order valence-electron chi connectivity index (χ0n) is 13.0. The zero-order chi connectivity index (χ0) is 17.4. The highest BCUT2D eigenvalue weighted by molar-refractivity contribution is 5.77. The lowest BCUT2D eigenvalue weighted by Gasteiger charge is -2.31. The minimum absolute atomic E-state index is 0.0337. The molecule has 0 unspecified atom stereocenters. The monoisotopic (exact) mass is 334 g/mol. The molecule has 128 valence electrons. The summed E-state index contributed by atoms with van der Waals surface area (Å²) < 4.78 is 63.4. The van der Waals surface area contributed by atoms with Crippen LogP contribution >= 0.6 is 0 Å². The fourth-order valence-electron chi connectivity index (χ4n) is 2.94. The molecule has 1 heterocycles. The summed E-state index contributed by atoms with van der Waals surface area (Å²) in [6.07, 6.45) is -6.03. The molecule has 0 N–H and O–H groups in total. The fourth-order valence-corrected chi connectivity index (χ4v) is 2.94. The number of halogens is 4. The second kappa shape index (κ2) is 6.11. The van der Waals surface area contributed by atoms with Gasteiger partial charge in [-0.15, -0.1) is 0 Å². The molecule has 0 bridgehead atoms. The first-order chi connectivity index (χ1) is 10.6. The fraction of sp³-hybridized carbons (Fsp3) is 0.562. The van der Waals surface area contributed by atoms with Crippen LogP contribution in [0, 0.1) is 11.7 Å². The van der Waals surface area contributed by atoms with E-state index in [1.807, 2.05) is 0 Å². The van der Waals surface area contributed by atoms with Gasteiger partial charge in [-0.1, -0.05) is 19.1 Å². The normalized spacial score (nSPS) is 31.2. The highest BCUT2D eigenvalue weighted by Crippen LogP contribution is 2.53. The first-order valence-electron chi connectivity index (χ1n) is 7.28. The average molecular weight is 334 g/mol. The molecule has 1 aliphatic heterocycles. The average Bonchev–Trinajstić information content (AvgIpc) is 2.74. The van der Waals surface area contributed by atoms with Gasteiger partial charge in [0.1, 0.15) is 5.82 Å². The molecule has 4 atom stereocenters. The van der Waals surface area contributed by atoms with E-state index in [1.54, 1.807) is 6.92 Å². The maximum Gasteiger partial charge on any atom is 0.417 e. The predicted octanol–water partition coefficient (Wildman–Crippen LogP) is 3.83. The third-order valence-electron chi connectivity index (χ3n) is 4.44. The first kappa shape index (κ1) is 17.7. The number of benzene rings is 1. The molecule has 1 aromatic carbocycles. The zero-order valence-corrected chi connectivity index (χ0v) is 13.0. The van der Waals surface area contributed by atoms with Crippen molar-refractivity contribution >= 4 is 5.97 Å². The van der Waals surface area contributed by atoms with Crippen molar-refractivity contribution in [3.05, 3.63) is 35.6 Å². The van der Waals surface area contributed by atoms with Crippen LogP contribution in [0.15, 0.2) is 24.3 Å². The highest BCUT2D eigenvalue weighted by Gasteiger charge is 2.65. The Labute approximate surface area is 131 Å². The first-order valence-corrected chi connectivity index (χ1v) is 7.28. The van der Waals surface area contributed by atoms with Gasteiger partial charge in [-0.2, -0.15) is 13.2 Å². The molecule has 0 saturated carbocycles. The molecule has 7 heteroatoms. The van der Waals surface area contributed by atoms with E-state index in [-0.39, 0.29) is 6.61 Å². The highest BCUT2D eigenvalue weighted by atomic mass is 19.4. The van der Waals surface area contributed by atoms with E-state index >= 15 is 0 Å². The SMILES string of the molecule is CCOC(=O)[C@H]1O[C@@](C)(C(F)(F)F)[C@@H](C)[C@H]1c1ccc(F)cc1. The van der Waals surface area contributed by atoms with Gasteiger partial charge in [0.15, 0.2) is 11.7 Å². The Hall–Kier alpha value is -1.63. The molecule has 1 saturated heterocycles. The lowest BCUT2D eigenvalue weighted by atomic mass is 9.77. The van der Waals surface area contributed by atoms with E-state index in [4.69, 9.17) is 9.47 Å². The molecule has 23 heavy (non-hydrogen) atoms. The molecule has 0 radical (unpaired) electrons. The second-order valence-corrected chi connectivity index (χ2v) is 5.76. The number of ether oxygens (including phenoxy) is 2. The lowest BCUT2D eigenvalue weighted by Crippen LogP contribution is -2.47. The summed E-state index contributed by atoms with van der Waals surface area (Å²) >= 11 is 0. The van der Waals surface area contributed by atoms with Crippen molar-refractivity contribution < 1.29 is 31.8 Å². The Kier molecular flexibility index (Phi) is 4.71. The van der Waals surface area contributed by atoms with E-state index in [9.17, 15) is 22.4 Å². The van der Waals surface area contributed by atoms with Gasteiger partial charge in [-0.05, 0) is 31.5 Å². The van der Waals surface area contributed by atoms with E-state index in [1.165, 1.54) is 19.1 Å². The summed E-state index contributed by atoms with van der Waals surface area (Å²) in [4.78, 5) is 12.1. The van der Waals surface area contributed by atoms with Crippen molar-refractivity contribution in [2.45, 2.75) is 44.6 Å². The topological polar surface area (TPSA) is 35.5 Å². The van der Waals surface area contributed by atoms with Crippen molar-refractivity contribution in [3.8, 4) is 0 Å². The van der Waals surface area contributed by atoms with Gasteiger partial charge in [0.25, 0.3) is 0 Å².